The minimum Gasteiger partial charge on any atom is -0.371 e. The summed E-state index contributed by atoms with van der Waals surface area (Å²) in [5.74, 6) is -1.23. The number of nitrogens with two attached hydrogens (primary N) is 1. The fourth-order valence-corrected chi connectivity index (χ4v) is 3.71. The van der Waals surface area contributed by atoms with E-state index >= 15 is 0 Å². The fourth-order valence-electron chi connectivity index (χ4n) is 3.18. The van der Waals surface area contributed by atoms with Crippen molar-refractivity contribution in [3.8, 4) is 11.3 Å². The molecular weight excluding hydrogens is 435 g/mol. The summed E-state index contributed by atoms with van der Waals surface area (Å²) in [4.78, 5) is 30.0. The summed E-state index contributed by atoms with van der Waals surface area (Å²) in [5.41, 5.74) is 7.66. The van der Waals surface area contributed by atoms with Crippen molar-refractivity contribution in [1.82, 2.24) is 24.5 Å². The van der Waals surface area contributed by atoms with Crippen molar-refractivity contribution in [3.05, 3.63) is 48.4 Å². The summed E-state index contributed by atoms with van der Waals surface area (Å²) < 4.78 is 27.9. The van der Waals surface area contributed by atoms with Crippen LogP contribution >= 0.6 is 0 Å². The summed E-state index contributed by atoms with van der Waals surface area (Å²) in [6.07, 6.45) is 6.33. The molecule has 0 fully saturated rings. The van der Waals surface area contributed by atoms with Gasteiger partial charge in [0.1, 0.15) is 17.0 Å². The number of aromatic nitrogens is 5. The Kier molecular flexibility index (Phi) is 5.53. The number of amides is 1. The Hall–Kier alpha value is -3.93. The highest BCUT2D eigenvalue weighted by Crippen LogP contribution is 2.32. The summed E-state index contributed by atoms with van der Waals surface area (Å²) in [6, 6.07) is 4.07. The van der Waals surface area contributed by atoms with Crippen LogP contribution in [-0.2, 0) is 17.8 Å². The SMILES string of the molecule is CNc1nc(Nc2ccc(S(C)=O)cc2F)c(C(N)=O)nc1-c1cncc2c1ncn2C. The first-order valence-electron chi connectivity index (χ1n) is 9.35. The molecule has 12 heteroatoms. The van der Waals surface area contributed by atoms with Crippen LogP contribution in [0.1, 0.15) is 10.5 Å². The topological polar surface area (TPSA) is 141 Å². The monoisotopic (exact) mass is 454 g/mol. The van der Waals surface area contributed by atoms with E-state index in [-0.39, 0.29) is 17.2 Å². The lowest BCUT2D eigenvalue weighted by atomic mass is 10.1. The maximum absolute atomic E-state index is 14.5. The zero-order chi connectivity index (χ0) is 23.0. The normalized spacial score (nSPS) is 12.0. The number of carbonyl (C=O) groups is 1. The molecule has 1 aromatic carbocycles. The Balaban J connectivity index is 1.85. The van der Waals surface area contributed by atoms with E-state index in [0.29, 0.717) is 27.5 Å². The Morgan fingerprint density at radius 3 is 2.66 bits per heavy atom. The quantitative estimate of drug-likeness (QED) is 0.403. The van der Waals surface area contributed by atoms with Gasteiger partial charge in [0.05, 0.1) is 29.3 Å². The molecule has 4 aromatic rings. The van der Waals surface area contributed by atoms with E-state index in [1.165, 1.54) is 18.4 Å². The van der Waals surface area contributed by atoms with Gasteiger partial charge in [-0.25, -0.2) is 19.3 Å². The Morgan fingerprint density at radius 1 is 1.22 bits per heavy atom. The predicted octanol–water partition coefficient (Wildman–Crippen LogP) is 2.19. The third-order valence-electron chi connectivity index (χ3n) is 4.78. The van der Waals surface area contributed by atoms with Crippen LogP contribution in [0.5, 0.6) is 0 Å². The highest BCUT2D eigenvalue weighted by molar-refractivity contribution is 7.84. The number of halogens is 1. The molecule has 3 heterocycles. The average molecular weight is 454 g/mol. The molecule has 1 atom stereocenters. The average Bonchev–Trinajstić information content (AvgIpc) is 3.15. The van der Waals surface area contributed by atoms with E-state index < -0.39 is 22.5 Å². The molecule has 0 aliphatic carbocycles. The van der Waals surface area contributed by atoms with Crippen molar-refractivity contribution < 1.29 is 13.4 Å². The van der Waals surface area contributed by atoms with Crippen LogP contribution in [0.25, 0.3) is 22.3 Å². The third-order valence-corrected chi connectivity index (χ3v) is 5.70. The van der Waals surface area contributed by atoms with Crippen LogP contribution in [0.15, 0.2) is 41.8 Å². The minimum absolute atomic E-state index is 0.0271. The number of hydrogen-bond acceptors (Lipinski definition) is 8. The molecule has 0 saturated heterocycles. The number of nitrogens with zero attached hydrogens (tertiary/aromatic N) is 5. The van der Waals surface area contributed by atoms with Crippen LogP contribution in [0, 0.1) is 5.82 Å². The fraction of sp³-hybridized carbons (Fsp3) is 0.150. The first-order valence-corrected chi connectivity index (χ1v) is 10.9. The minimum atomic E-state index is -1.34. The van der Waals surface area contributed by atoms with Crippen molar-refractivity contribution in [2.45, 2.75) is 4.90 Å². The lowest BCUT2D eigenvalue weighted by molar-refractivity contribution is 0.0996. The Bertz CT molecular complexity index is 1390. The molecule has 0 saturated carbocycles. The molecule has 4 rings (SSSR count). The number of primary amides is 1. The molecule has 1 unspecified atom stereocenters. The smallest absolute Gasteiger partial charge is 0.271 e. The van der Waals surface area contributed by atoms with Crippen LogP contribution in [0.2, 0.25) is 0 Å². The van der Waals surface area contributed by atoms with Gasteiger partial charge in [0, 0.05) is 42.2 Å². The predicted molar refractivity (Wildman–Crippen MR) is 120 cm³/mol. The molecule has 32 heavy (non-hydrogen) atoms. The van der Waals surface area contributed by atoms with Gasteiger partial charge in [-0.1, -0.05) is 0 Å². The molecular formula is C20H19FN8O2S. The maximum atomic E-state index is 14.5. The molecule has 0 aliphatic rings. The van der Waals surface area contributed by atoms with Gasteiger partial charge < -0.3 is 20.9 Å². The number of nitrogens with one attached hydrogen (secondary N) is 2. The number of imidazole rings is 1. The van der Waals surface area contributed by atoms with E-state index in [1.54, 1.807) is 30.3 Å². The van der Waals surface area contributed by atoms with E-state index in [0.717, 1.165) is 11.6 Å². The lowest BCUT2D eigenvalue weighted by Gasteiger charge is -2.15. The molecule has 0 bridgehead atoms. The maximum Gasteiger partial charge on any atom is 0.271 e. The Morgan fingerprint density at radius 2 is 2.00 bits per heavy atom. The number of hydrogen-bond donors (Lipinski definition) is 3. The summed E-state index contributed by atoms with van der Waals surface area (Å²) in [6.45, 7) is 0. The van der Waals surface area contributed by atoms with Gasteiger partial charge in [0.15, 0.2) is 17.3 Å². The number of rotatable bonds is 6. The number of carbonyl (C=O) groups excluding carboxylic acids is 1. The second-order valence-corrected chi connectivity index (χ2v) is 8.24. The third kappa shape index (κ3) is 3.75. The van der Waals surface area contributed by atoms with E-state index in [2.05, 4.69) is 30.6 Å². The van der Waals surface area contributed by atoms with Gasteiger partial charge in [-0.3, -0.25) is 14.0 Å². The second kappa shape index (κ2) is 8.30. The zero-order valence-electron chi connectivity index (χ0n) is 17.4. The van der Waals surface area contributed by atoms with Crippen molar-refractivity contribution >= 4 is 45.1 Å². The van der Waals surface area contributed by atoms with Gasteiger partial charge in [0.25, 0.3) is 5.91 Å². The van der Waals surface area contributed by atoms with Crippen molar-refractivity contribution in [2.24, 2.45) is 12.8 Å². The molecule has 3 aromatic heterocycles. The van der Waals surface area contributed by atoms with Crippen molar-refractivity contribution in [1.29, 1.82) is 0 Å². The van der Waals surface area contributed by atoms with E-state index in [4.69, 9.17) is 5.73 Å². The standard InChI is InChI=1S/C20H19FN8O2S/c1-23-19-16(11-7-24-8-14-15(11)25-9-29(14)2)27-17(18(22)30)20(28-19)26-13-5-4-10(32(3)31)6-12(13)21/h4-9H,1-3H3,(H2,22,30)(H2,23,26,28). The van der Waals surface area contributed by atoms with Gasteiger partial charge in [-0.05, 0) is 18.2 Å². The largest absolute Gasteiger partial charge is 0.371 e. The summed E-state index contributed by atoms with van der Waals surface area (Å²) >= 11 is 0. The van der Waals surface area contributed by atoms with Gasteiger partial charge in [-0.2, -0.15) is 0 Å². The molecule has 4 N–H and O–H groups in total. The number of aryl methyl sites for hydroxylation is 1. The second-order valence-electron chi connectivity index (χ2n) is 6.86. The number of fused-ring (bicyclic) bond motifs is 1. The first kappa shape index (κ1) is 21.3. The summed E-state index contributed by atoms with van der Waals surface area (Å²) in [5, 5.41) is 5.69. The van der Waals surface area contributed by atoms with Crippen molar-refractivity contribution in [3.63, 3.8) is 0 Å². The first-order chi connectivity index (χ1) is 15.3. The molecule has 10 nitrogen and oxygen atoms in total. The molecule has 164 valence electrons. The highest BCUT2D eigenvalue weighted by atomic mass is 32.2. The molecule has 0 radical (unpaired) electrons. The molecule has 0 aliphatic heterocycles. The highest BCUT2D eigenvalue weighted by Gasteiger charge is 2.22. The van der Waals surface area contributed by atoms with Gasteiger partial charge in [-0.15, -0.1) is 0 Å². The summed E-state index contributed by atoms with van der Waals surface area (Å²) in [7, 11) is 2.13. The van der Waals surface area contributed by atoms with E-state index in [1.807, 2.05) is 7.05 Å². The Labute approximate surface area is 184 Å². The van der Waals surface area contributed by atoms with Crippen LogP contribution in [0.3, 0.4) is 0 Å². The number of anilines is 3. The van der Waals surface area contributed by atoms with E-state index in [9.17, 15) is 13.4 Å². The molecule has 0 spiro atoms. The number of benzene rings is 1. The zero-order valence-corrected chi connectivity index (χ0v) is 18.2. The van der Waals surface area contributed by atoms with Crippen LogP contribution < -0.4 is 16.4 Å². The number of pyridine rings is 1. The molecule has 1 amide bonds. The van der Waals surface area contributed by atoms with Crippen LogP contribution in [0.4, 0.5) is 21.7 Å². The van der Waals surface area contributed by atoms with Crippen LogP contribution in [-0.4, -0.2) is 47.9 Å². The van der Waals surface area contributed by atoms with Gasteiger partial charge in [0.2, 0.25) is 0 Å². The van der Waals surface area contributed by atoms with Gasteiger partial charge >= 0.3 is 0 Å². The lowest BCUT2D eigenvalue weighted by Crippen LogP contribution is -2.18. The van der Waals surface area contributed by atoms with Crippen molar-refractivity contribution in [2.75, 3.05) is 23.9 Å².